The Balaban J connectivity index is 1.53. The van der Waals surface area contributed by atoms with Crippen LogP contribution in [0.15, 0.2) is 65.7 Å². The van der Waals surface area contributed by atoms with Crippen LogP contribution in [0.25, 0.3) is 22.3 Å². The van der Waals surface area contributed by atoms with Gasteiger partial charge in [-0.3, -0.25) is 4.79 Å². The lowest BCUT2D eigenvalue weighted by Crippen LogP contribution is -2.32. The molecule has 1 fully saturated rings. The zero-order chi connectivity index (χ0) is 19.6. The second-order valence-electron chi connectivity index (χ2n) is 7.16. The van der Waals surface area contributed by atoms with Gasteiger partial charge in [0, 0.05) is 12.1 Å². The fraction of sp³-hybridized carbons (Fsp3) is 0.227. The number of benzene rings is 2. The Kier molecular flexibility index (Phi) is 4.57. The summed E-state index contributed by atoms with van der Waals surface area (Å²) in [5, 5.41) is 8.74. The van der Waals surface area contributed by atoms with Crippen LogP contribution in [0, 0.1) is 0 Å². The molecular weight excluding hydrogens is 366 g/mol. The van der Waals surface area contributed by atoms with Crippen molar-refractivity contribution >= 4 is 11.0 Å². The molecule has 2 N–H and O–H groups in total. The van der Waals surface area contributed by atoms with Crippen molar-refractivity contribution in [1.29, 1.82) is 0 Å². The van der Waals surface area contributed by atoms with Crippen molar-refractivity contribution < 1.29 is 4.74 Å². The summed E-state index contributed by atoms with van der Waals surface area (Å²) in [7, 11) is 0. The lowest BCUT2D eigenvalue weighted by atomic mass is 10.1. The van der Waals surface area contributed by atoms with Gasteiger partial charge in [0.25, 0.3) is 5.56 Å². The van der Waals surface area contributed by atoms with Crippen LogP contribution < -0.4 is 15.6 Å². The zero-order valence-corrected chi connectivity index (χ0v) is 15.8. The summed E-state index contributed by atoms with van der Waals surface area (Å²) in [5.41, 5.74) is 1.95. The molecule has 0 spiro atoms. The number of aromatic nitrogens is 4. The Labute approximate surface area is 167 Å². The lowest BCUT2D eigenvalue weighted by molar-refractivity contribution is 0.354. The second kappa shape index (κ2) is 7.52. The summed E-state index contributed by atoms with van der Waals surface area (Å²) < 4.78 is 7.77. The molecule has 146 valence electrons. The molecule has 1 aliphatic rings. The molecule has 7 heteroatoms. The molecule has 0 saturated carbocycles. The number of H-pyrrole nitrogens is 1. The maximum Gasteiger partial charge on any atom is 0.262 e. The molecule has 1 saturated heterocycles. The first-order valence-corrected chi connectivity index (χ1v) is 9.79. The summed E-state index contributed by atoms with van der Waals surface area (Å²) in [4.78, 5) is 19.7. The van der Waals surface area contributed by atoms with E-state index < -0.39 is 0 Å². The van der Waals surface area contributed by atoms with Gasteiger partial charge in [-0.15, -0.1) is 0 Å². The summed E-state index contributed by atoms with van der Waals surface area (Å²) in [6.45, 7) is 1.84. The number of hydrogen-bond acceptors (Lipinski definition) is 5. The monoisotopic (exact) mass is 387 g/mol. The third kappa shape index (κ3) is 3.40. The highest BCUT2D eigenvalue weighted by molar-refractivity contribution is 5.90. The largest absolute Gasteiger partial charge is 0.457 e. The van der Waals surface area contributed by atoms with Crippen LogP contribution in [-0.2, 0) is 0 Å². The Hall–Kier alpha value is -3.45. The van der Waals surface area contributed by atoms with Crippen LogP contribution in [0.4, 0.5) is 0 Å². The SMILES string of the molecule is O=c1[nH]cnc2c1c(-c1ccc(Oc3ccccc3)cc1)nn2C1CCCNC1. The van der Waals surface area contributed by atoms with Crippen LogP contribution in [0.3, 0.4) is 0 Å². The van der Waals surface area contributed by atoms with E-state index >= 15 is 0 Å². The molecule has 0 aliphatic carbocycles. The number of aromatic amines is 1. The highest BCUT2D eigenvalue weighted by Crippen LogP contribution is 2.30. The number of hydrogen-bond donors (Lipinski definition) is 2. The number of nitrogens with zero attached hydrogens (tertiary/aromatic N) is 3. The molecule has 0 radical (unpaired) electrons. The topological polar surface area (TPSA) is 84.8 Å². The quantitative estimate of drug-likeness (QED) is 0.560. The van der Waals surface area contributed by atoms with Gasteiger partial charge in [0.1, 0.15) is 22.6 Å². The van der Waals surface area contributed by atoms with Crippen molar-refractivity contribution in [2.45, 2.75) is 18.9 Å². The predicted molar refractivity (Wildman–Crippen MR) is 111 cm³/mol. The van der Waals surface area contributed by atoms with E-state index in [0.29, 0.717) is 16.7 Å². The molecule has 0 bridgehead atoms. The average Bonchev–Trinajstić information content (AvgIpc) is 3.17. The van der Waals surface area contributed by atoms with E-state index in [1.165, 1.54) is 6.33 Å². The van der Waals surface area contributed by atoms with E-state index in [1.54, 1.807) is 0 Å². The van der Waals surface area contributed by atoms with Gasteiger partial charge in [0.05, 0.1) is 12.4 Å². The number of ether oxygens (including phenoxy) is 1. The summed E-state index contributed by atoms with van der Waals surface area (Å²) in [5.74, 6) is 1.51. The maximum absolute atomic E-state index is 12.6. The summed E-state index contributed by atoms with van der Waals surface area (Å²) >= 11 is 0. The van der Waals surface area contributed by atoms with Crippen molar-refractivity contribution in [3.63, 3.8) is 0 Å². The minimum Gasteiger partial charge on any atom is -0.457 e. The van der Waals surface area contributed by atoms with Crippen molar-refractivity contribution in [3.8, 4) is 22.8 Å². The smallest absolute Gasteiger partial charge is 0.262 e. The first-order valence-electron chi connectivity index (χ1n) is 9.79. The maximum atomic E-state index is 12.6. The molecule has 1 aliphatic heterocycles. The van der Waals surface area contributed by atoms with Gasteiger partial charge in [0.15, 0.2) is 5.65 Å². The molecule has 2 aromatic heterocycles. The third-order valence-electron chi connectivity index (χ3n) is 5.22. The van der Waals surface area contributed by atoms with E-state index in [-0.39, 0.29) is 11.6 Å². The van der Waals surface area contributed by atoms with Crippen molar-refractivity contribution in [2.24, 2.45) is 0 Å². The van der Waals surface area contributed by atoms with Crippen LogP contribution in [0.5, 0.6) is 11.5 Å². The molecule has 1 unspecified atom stereocenters. The third-order valence-corrected chi connectivity index (χ3v) is 5.22. The van der Waals surface area contributed by atoms with Crippen LogP contribution in [0.2, 0.25) is 0 Å². The normalized spacial score (nSPS) is 16.8. The number of fused-ring (bicyclic) bond motifs is 1. The minimum atomic E-state index is -0.176. The fourth-order valence-corrected chi connectivity index (χ4v) is 3.79. The standard InChI is InChI=1S/C22H21N5O2/c28-22-19-20(15-8-10-18(11-9-15)29-17-6-2-1-3-7-17)26-27(21(19)24-14-25-22)16-5-4-12-23-13-16/h1-3,6-11,14,16,23H,4-5,12-13H2,(H,24,25,28). The number of para-hydroxylation sites is 1. The average molecular weight is 387 g/mol. The first-order chi connectivity index (χ1) is 14.3. The molecule has 7 nitrogen and oxygen atoms in total. The number of piperidine rings is 1. The van der Waals surface area contributed by atoms with Crippen LogP contribution in [-0.4, -0.2) is 32.8 Å². The van der Waals surface area contributed by atoms with Crippen molar-refractivity contribution in [3.05, 3.63) is 71.3 Å². The molecule has 3 heterocycles. The fourth-order valence-electron chi connectivity index (χ4n) is 3.79. The predicted octanol–water partition coefficient (Wildman–Crippen LogP) is 3.50. The second-order valence-corrected chi connectivity index (χ2v) is 7.16. The van der Waals surface area contributed by atoms with E-state index in [1.807, 2.05) is 59.3 Å². The van der Waals surface area contributed by atoms with Gasteiger partial charge >= 0.3 is 0 Å². The van der Waals surface area contributed by atoms with Crippen molar-refractivity contribution in [2.75, 3.05) is 13.1 Å². The first kappa shape index (κ1) is 17.6. The molecule has 2 aromatic carbocycles. The Morgan fingerprint density at radius 3 is 2.59 bits per heavy atom. The summed E-state index contributed by atoms with van der Waals surface area (Å²) in [6, 6.07) is 17.5. The van der Waals surface area contributed by atoms with E-state index in [9.17, 15) is 4.79 Å². The van der Waals surface area contributed by atoms with Gasteiger partial charge in [-0.2, -0.15) is 5.10 Å². The van der Waals surface area contributed by atoms with E-state index in [4.69, 9.17) is 9.84 Å². The van der Waals surface area contributed by atoms with Gasteiger partial charge < -0.3 is 15.0 Å². The van der Waals surface area contributed by atoms with Gasteiger partial charge in [0.2, 0.25) is 0 Å². The number of rotatable bonds is 4. The van der Waals surface area contributed by atoms with E-state index in [0.717, 1.165) is 43.0 Å². The van der Waals surface area contributed by atoms with Crippen LogP contribution in [0.1, 0.15) is 18.9 Å². The minimum absolute atomic E-state index is 0.176. The van der Waals surface area contributed by atoms with Crippen molar-refractivity contribution in [1.82, 2.24) is 25.1 Å². The van der Waals surface area contributed by atoms with Gasteiger partial charge in [-0.1, -0.05) is 18.2 Å². The highest BCUT2D eigenvalue weighted by Gasteiger charge is 2.23. The molecule has 4 aromatic rings. The lowest BCUT2D eigenvalue weighted by Gasteiger charge is -2.23. The molecule has 1 atom stereocenters. The Morgan fingerprint density at radius 1 is 1.03 bits per heavy atom. The molecule has 5 rings (SSSR count). The molecular formula is C22H21N5O2. The Bertz CT molecular complexity index is 1180. The molecule has 29 heavy (non-hydrogen) atoms. The van der Waals surface area contributed by atoms with Gasteiger partial charge in [-0.25, -0.2) is 9.67 Å². The van der Waals surface area contributed by atoms with Gasteiger partial charge in [-0.05, 0) is 55.8 Å². The summed E-state index contributed by atoms with van der Waals surface area (Å²) in [6.07, 6.45) is 3.54. The van der Waals surface area contributed by atoms with E-state index in [2.05, 4.69) is 15.3 Å². The highest BCUT2D eigenvalue weighted by atomic mass is 16.5. The Morgan fingerprint density at radius 2 is 1.83 bits per heavy atom. The number of nitrogens with one attached hydrogen (secondary N) is 2. The zero-order valence-electron chi connectivity index (χ0n) is 15.8. The molecule has 0 amide bonds. The van der Waals surface area contributed by atoms with Crippen LogP contribution >= 0.6 is 0 Å².